The van der Waals surface area contributed by atoms with Crippen molar-refractivity contribution in [1.82, 2.24) is 0 Å². The van der Waals surface area contributed by atoms with Crippen LogP contribution >= 0.6 is 0 Å². The fourth-order valence-electron chi connectivity index (χ4n) is 15.3. The third-order valence-corrected chi connectivity index (χ3v) is 19.8. The number of hydrogen-bond donors (Lipinski definition) is 12. The molecule has 5 heterocycles. The van der Waals surface area contributed by atoms with E-state index in [0.717, 1.165) is 32.1 Å². The fourth-order valence-corrected chi connectivity index (χ4v) is 15.3. The third-order valence-electron chi connectivity index (χ3n) is 19.8. The maximum Gasteiger partial charge on any atom is 0.187 e. The molecule has 9 rings (SSSR count). The summed E-state index contributed by atoms with van der Waals surface area (Å²) in [5, 5.41) is 127. The summed E-state index contributed by atoms with van der Waals surface area (Å²) in [4.78, 5) is 0. The number of ether oxygens (including phenoxy) is 10. The van der Waals surface area contributed by atoms with E-state index in [1.807, 2.05) is 6.92 Å². The molecule has 5 saturated heterocycles. The van der Waals surface area contributed by atoms with Crippen molar-refractivity contribution in [2.45, 2.75) is 240 Å². The van der Waals surface area contributed by atoms with Gasteiger partial charge in [0.1, 0.15) is 85.5 Å². The molecule has 22 nitrogen and oxygen atoms in total. The van der Waals surface area contributed by atoms with E-state index in [2.05, 4.69) is 26.8 Å². The fraction of sp³-hybridized carbons (Fsp3) is 0.962. The van der Waals surface area contributed by atoms with Gasteiger partial charge in [-0.25, -0.2) is 0 Å². The van der Waals surface area contributed by atoms with E-state index < -0.39 is 148 Å². The Bertz CT molecular complexity index is 1920. The number of methoxy groups -OCH3 is 1. The highest BCUT2D eigenvalue weighted by Gasteiger charge is 2.68. The zero-order chi connectivity index (χ0) is 53.5. The van der Waals surface area contributed by atoms with Crippen LogP contribution in [0.4, 0.5) is 0 Å². The lowest BCUT2D eigenvalue weighted by Crippen LogP contribution is -2.66. The predicted octanol–water partition coefficient (Wildman–Crippen LogP) is -1.33. The van der Waals surface area contributed by atoms with Crippen molar-refractivity contribution < 1.29 is 109 Å². The molecule has 0 aromatic carbocycles. The second-order valence-electron chi connectivity index (χ2n) is 24.0. The molecule has 9 aliphatic rings. The average Bonchev–Trinajstić information content (AvgIpc) is 3.84. The lowest BCUT2D eigenvalue weighted by atomic mass is 9.47. The van der Waals surface area contributed by atoms with Crippen LogP contribution in [0.1, 0.15) is 99.3 Å². The summed E-state index contributed by atoms with van der Waals surface area (Å²) >= 11 is 0. The highest BCUT2D eigenvalue weighted by molar-refractivity contribution is 5.26. The van der Waals surface area contributed by atoms with Gasteiger partial charge >= 0.3 is 0 Å². The number of allylic oxidation sites excluding steroid dienone is 1. The first kappa shape index (κ1) is 57.5. The van der Waals surface area contributed by atoms with Crippen LogP contribution in [0.3, 0.4) is 0 Å². The molecular weight excluding hydrogens is 977 g/mol. The molecule has 12 N–H and O–H groups in total. The molecule has 4 aliphatic carbocycles. The van der Waals surface area contributed by atoms with Gasteiger partial charge in [-0.05, 0) is 106 Å². The maximum atomic E-state index is 12.1. The van der Waals surface area contributed by atoms with Crippen LogP contribution in [0.5, 0.6) is 0 Å². The van der Waals surface area contributed by atoms with E-state index in [-0.39, 0.29) is 41.3 Å². The smallest absolute Gasteiger partial charge is 0.187 e. The van der Waals surface area contributed by atoms with Crippen molar-refractivity contribution in [3.63, 3.8) is 0 Å². The molecule has 3 saturated carbocycles. The number of fused-ring (bicyclic) bond motifs is 7. The Morgan fingerprint density at radius 2 is 1.24 bits per heavy atom. The SMILES string of the molecule is CO[C@]1(CC[C@@H](C)CO[C@H]2O[C@@H](CO)[C@H](O)[C@@H](O)[C@@H]2O)O[C@H]2C[C@H]3[C@@H]4CC=C5C[C@@H](O[C@@H]6O[C@H](CO)[C@@H](O[C@@H]7O[C@@H](C)[C@H](O)[C@@H](O)[C@H]7O)[C@H](O)[C@H]6O[C@@H]6O[C@@H](C)[C@H](O)[C@@H](O)[C@H]6O)CC[C@]5(C)[C@H]4CC[C@]3(C)[C@H]2[C@@H]1C. The largest absolute Gasteiger partial charge is 0.394 e. The van der Waals surface area contributed by atoms with E-state index in [0.29, 0.717) is 43.4 Å². The minimum absolute atomic E-state index is 0.00465. The number of rotatable bonds is 15. The van der Waals surface area contributed by atoms with Crippen molar-refractivity contribution in [3.05, 3.63) is 11.6 Å². The molecule has 22 heteroatoms. The van der Waals surface area contributed by atoms with Crippen LogP contribution < -0.4 is 0 Å². The molecule has 0 amide bonds. The predicted molar refractivity (Wildman–Crippen MR) is 254 cm³/mol. The minimum Gasteiger partial charge on any atom is -0.394 e. The highest BCUT2D eigenvalue weighted by atomic mass is 16.8. The maximum absolute atomic E-state index is 12.1. The molecule has 0 spiro atoms. The summed E-state index contributed by atoms with van der Waals surface area (Å²) in [6.45, 7) is 11.1. The van der Waals surface area contributed by atoms with Gasteiger partial charge in [0, 0.05) is 19.4 Å². The average molecular weight is 1060 g/mol. The second kappa shape index (κ2) is 22.4. The molecule has 0 radical (unpaired) electrons. The van der Waals surface area contributed by atoms with Crippen LogP contribution in [0.15, 0.2) is 11.6 Å². The summed E-state index contributed by atoms with van der Waals surface area (Å²) in [5.74, 6) is 0.884. The topological polar surface area (TPSA) is 335 Å². The molecule has 0 bridgehead atoms. The van der Waals surface area contributed by atoms with Gasteiger partial charge in [0.2, 0.25) is 0 Å². The van der Waals surface area contributed by atoms with Gasteiger partial charge in [0.25, 0.3) is 0 Å². The van der Waals surface area contributed by atoms with Gasteiger partial charge in [-0.1, -0.05) is 39.3 Å². The van der Waals surface area contributed by atoms with Crippen molar-refractivity contribution >= 4 is 0 Å². The van der Waals surface area contributed by atoms with E-state index in [1.54, 1.807) is 7.11 Å². The van der Waals surface area contributed by atoms with Crippen molar-refractivity contribution in [2.24, 2.45) is 46.3 Å². The first-order valence-electron chi connectivity index (χ1n) is 27.2. The number of aliphatic hydroxyl groups is 12. The Morgan fingerprint density at radius 1 is 0.649 bits per heavy atom. The monoisotopic (exact) mass is 1060 g/mol. The Balaban J connectivity index is 0.854. The first-order chi connectivity index (χ1) is 35.0. The summed E-state index contributed by atoms with van der Waals surface area (Å²) in [7, 11) is 1.72. The van der Waals surface area contributed by atoms with Gasteiger partial charge in [0.05, 0.1) is 44.2 Å². The van der Waals surface area contributed by atoms with Crippen molar-refractivity contribution in [3.8, 4) is 0 Å². The molecule has 0 unspecified atom stereocenters. The van der Waals surface area contributed by atoms with Crippen molar-refractivity contribution in [1.29, 1.82) is 0 Å². The highest BCUT2D eigenvalue weighted by Crippen LogP contribution is 2.70. The molecule has 5 aliphatic heterocycles. The van der Waals surface area contributed by atoms with Gasteiger partial charge < -0.3 is 109 Å². The van der Waals surface area contributed by atoms with E-state index >= 15 is 0 Å². The summed E-state index contributed by atoms with van der Waals surface area (Å²) < 4.78 is 61.5. The molecule has 31 atom stereocenters. The summed E-state index contributed by atoms with van der Waals surface area (Å²) in [5.41, 5.74) is 1.19. The molecular formula is C52H86O22. The molecule has 0 aromatic rings. The van der Waals surface area contributed by atoms with Gasteiger partial charge in [-0.3, -0.25) is 0 Å². The molecule has 0 aromatic heterocycles. The Kier molecular flexibility index (Phi) is 17.4. The summed E-state index contributed by atoms with van der Waals surface area (Å²) in [6, 6.07) is 0. The lowest BCUT2D eigenvalue weighted by Gasteiger charge is -2.58. The van der Waals surface area contributed by atoms with E-state index in [1.165, 1.54) is 19.4 Å². The normalized spacial score (nSPS) is 54.9. The third kappa shape index (κ3) is 10.1. The number of hydrogen-bond acceptors (Lipinski definition) is 22. The summed E-state index contributed by atoms with van der Waals surface area (Å²) in [6.07, 6.45) is -19.4. The first-order valence-corrected chi connectivity index (χ1v) is 27.2. The zero-order valence-electron chi connectivity index (χ0n) is 43.7. The Hall–Kier alpha value is -1.14. The molecule has 426 valence electrons. The van der Waals surface area contributed by atoms with E-state index in [4.69, 9.17) is 47.4 Å². The zero-order valence-corrected chi connectivity index (χ0v) is 43.7. The van der Waals surface area contributed by atoms with Gasteiger partial charge in [-0.2, -0.15) is 0 Å². The van der Waals surface area contributed by atoms with Crippen LogP contribution in [-0.4, -0.2) is 229 Å². The van der Waals surface area contributed by atoms with Crippen LogP contribution in [-0.2, 0) is 47.4 Å². The quantitative estimate of drug-likeness (QED) is 0.0846. The standard InChI is InChI=1S/C52H86O22/c1-21(20-66-46-40(61)39(60)36(57)31(18-53)70-46)10-15-52(65-7)22(2)33-30(74-52)17-29-27-9-8-25-16-26(11-13-50(25,5)28(27)12-14-51(29,33)6)69-49-45(73-48-42(63)38(59)35(56)24(4)68-48)43(64)44(32(19-54)71-49)72-47-41(62)37(58)34(55)23(3)67-47/h8,21-24,26-49,53-64H,9-20H2,1-7H3/t21-,22+,23+,24+,26+,27-,28+,29+,30+,31+,32-,33+,34+,35+,36+,37-,38-,39-,40+,41-,42-,43+,44-,45-,46+,47+,48+,49-,50+,51+,52-/m1/s1. The molecule has 74 heavy (non-hydrogen) atoms. The molecule has 8 fully saturated rings. The van der Waals surface area contributed by atoms with Crippen LogP contribution in [0, 0.1) is 46.3 Å². The van der Waals surface area contributed by atoms with Crippen LogP contribution in [0.2, 0.25) is 0 Å². The lowest BCUT2D eigenvalue weighted by molar-refractivity contribution is -0.388. The van der Waals surface area contributed by atoms with Crippen molar-refractivity contribution in [2.75, 3.05) is 26.9 Å². The minimum atomic E-state index is -1.74. The Morgan fingerprint density at radius 3 is 1.86 bits per heavy atom. The van der Waals surface area contributed by atoms with Gasteiger partial charge in [-0.15, -0.1) is 0 Å². The van der Waals surface area contributed by atoms with Crippen LogP contribution in [0.25, 0.3) is 0 Å². The number of aliphatic hydroxyl groups excluding tert-OH is 12. The van der Waals surface area contributed by atoms with E-state index in [9.17, 15) is 61.3 Å². The second-order valence-corrected chi connectivity index (χ2v) is 24.0. The van der Waals surface area contributed by atoms with Gasteiger partial charge in [0.15, 0.2) is 30.9 Å². The Labute approximate surface area is 432 Å².